The summed E-state index contributed by atoms with van der Waals surface area (Å²) in [5, 5.41) is 3.88. The van der Waals surface area contributed by atoms with E-state index in [9.17, 15) is 4.79 Å². The van der Waals surface area contributed by atoms with Gasteiger partial charge in [-0.05, 0) is 50.3 Å². The zero-order valence-electron chi connectivity index (χ0n) is 13.4. The largest absolute Gasteiger partial charge is 0.325 e. The quantitative estimate of drug-likeness (QED) is 0.821. The molecule has 1 saturated carbocycles. The second kappa shape index (κ2) is 7.88. The molecule has 1 aliphatic rings. The third-order valence-corrected chi connectivity index (χ3v) is 6.17. The minimum Gasteiger partial charge on any atom is -0.325 e. The predicted molar refractivity (Wildman–Crippen MR) is 93.1 cm³/mol. The van der Waals surface area contributed by atoms with E-state index in [2.05, 4.69) is 32.2 Å². The smallest absolute Gasteiger partial charge is 0.237 e. The summed E-state index contributed by atoms with van der Waals surface area (Å²) < 4.78 is 0. The number of amides is 1. The van der Waals surface area contributed by atoms with Crippen molar-refractivity contribution in [2.75, 3.05) is 5.32 Å². The first-order chi connectivity index (χ1) is 10.1. The van der Waals surface area contributed by atoms with Crippen LogP contribution in [0.25, 0.3) is 0 Å². The van der Waals surface area contributed by atoms with Gasteiger partial charge in [-0.1, -0.05) is 38.3 Å². The fraction of sp³-hybridized carbons (Fsp3) is 0.611. The third-order valence-electron chi connectivity index (χ3n) is 4.43. The minimum absolute atomic E-state index is 0.0769. The van der Waals surface area contributed by atoms with Crippen LogP contribution in [0.1, 0.15) is 56.6 Å². The molecule has 21 heavy (non-hydrogen) atoms. The Hall–Kier alpha value is -0.960. The Bertz CT molecular complexity index is 480. The first kappa shape index (κ1) is 16.4. The molecule has 0 spiro atoms. The van der Waals surface area contributed by atoms with Crippen LogP contribution in [0.2, 0.25) is 0 Å². The van der Waals surface area contributed by atoms with E-state index in [1.54, 1.807) is 0 Å². The highest BCUT2D eigenvalue weighted by Gasteiger charge is 2.23. The lowest BCUT2D eigenvalue weighted by atomic mass is 10.0. The van der Waals surface area contributed by atoms with E-state index in [1.165, 1.54) is 43.2 Å². The Balaban J connectivity index is 1.97. The van der Waals surface area contributed by atoms with Gasteiger partial charge in [-0.3, -0.25) is 4.79 Å². The Kier molecular flexibility index (Phi) is 6.16. The average Bonchev–Trinajstić information content (AvgIpc) is 2.50. The number of nitrogens with one attached hydrogen (secondary N) is 1. The van der Waals surface area contributed by atoms with Gasteiger partial charge in [0.15, 0.2) is 0 Å². The standard InChI is InChI=1S/C18H27NOS/c1-4-17(21-15-10-6-5-7-11-15)18(20)19-16-12-8-9-13(2)14(16)3/h8-9,12,15,17H,4-7,10-11H2,1-3H3,(H,19,20). The highest BCUT2D eigenvalue weighted by Crippen LogP contribution is 2.33. The van der Waals surface area contributed by atoms with Crippen molar-refractivity contribution in [1.29, 1.82) is 0 Å². The van der Waals surface area contributed by atoms with Gasteiger partial charge in [0, 0.05) is 10.9 Å². The van der Waals surface area contributed by atoms with Gasteiger partial charge in [-0.25, -0.2) is 0 Å². The van der Waals surface area contributed by atoms with Gasteiger partial charge in [0.25, 0.3) is 0 Å². The Morgan fingerprint density at radius 3 is 2.67 bits per heavy atom. The van der Waals surface area contributed by atoms with Crippen molar-refractivity contribution in [3.63, 3.8) is 0 Å². The lowest BCUT2D eigenvalue weighted by molar-refractivity contribution is -0.115. The molecule has 1 amide bonds. The number of aryl methyl sites for hydroxylation is 1. The van der Waals surface area contributed by atoms with Crippen LogP contribution in [0.3, 0.4) is 0 Å². The number of carbonyl (C=O) groups excluding carboxylic acids is 1. The van der Waals surface area contributed by atoms with Crippen molar-refractivity contribution < 1.29 is 4.79 Å². The zero-order valence-corrected chi connectivity index (χ0v) is 14.3. The molecule has 1 unspecified atom stereocenters. The van der Waals surface area contributed by atoms with Crippen molar-refractivity contribution in [3.05, 3.63) is 29.3 Å². The van der Waals surface area contributed by atoms with E-state index in [1.807, 2.05) is 23.9 Å². The summed E-state index contributed by atoms with van der Waals surface area (Å²) in [4.78, 5) is 12.5. The first-order valence-corrected chi connectivity index (χ1v) is 9.08. The SMILES string of the molecule is CCC(SC1CCCCC1)C(=O)Nc1cccc(C)c1C. The van der Waals surface area contributed by atoms with Crippen LogP contribution in [0.4, 0.5) is 5.69 Å². The molecule has 116 valence electrons. The second-order valence-electron chi connectivity index (χ2n) is 6.03. The van der Waals surface area contributed by atoms with Crippen LogP contribution in [-0.4, -0.2) is 16.4 Å². The molecule has 1 atom stereocenters. The molecule has 1 fully saturated rings. The van der Waals surface area contributed by atoms with E-state index in [4.69, 9.17) is 0 Å². The Morgan fingerprint density at radius 2 is 2.00 bits per heavy atom. The maximum absolute atomic E-state index is 12.5. The van der Waals surface area contributed by atoms with Gasteiger partial charge >= 0.3 is 0 Å². The summed E-state index contributed by atoms with van der Waals surface area (Å²) in [6.45, 7) is 6.27. The van der Waals surface area contributed by atoms with E-state index in [0.29, 0.717) is 5.25 Å². The normalized spacial score (nSPS) is 17.5. The molecule has 1 aromatic rings. The monoisotopic (exact) mass is 305 g/mol. The number of rotatable bonds is 5. The lowest BCUT2D eigenvalue weighted by Crippen LogP contribution is -2.27. The molecule has 1 aromatic carbocycles. The Morgan fingerprint density at radius 1 is 1.29 bits per heavy atom. The Labute approximate surface area is 133 Å². The van der Waals surface area contributed by atoms with Crippen LogP contribution >= 0.6 is 11.8 Å². The molecule has 0 bridgehead atoms. The second-order valence-corrected chi connectivity index (χ2v) is 7.54. The molecular formula is C18H27NOS. The van der Waals surface area contributed by atoms with Crippen LogP contribution in [-0.2, 0) is 4.79 Å². The number of benzene rings is 1. The van der Waals surface area contributed by atoms with E-state index in [-0.39, 0.29) is 11.2 Å². The van der Waals surface area contributed by atoms with Crippen molar-refractivity contribution in [2.24, 2.45) is 0 Å². The summed E-state index contributed by atoms with van der Waals surface area (Å²) in [5.41, 5.74) is 3.35. The number of thioether (sulfide) groups is 1. The molecule has 2 rings (SSSR count). The maximum Gasteiger partial charge on any atom is 0.237 e. The fourth-order valence-corrected chi connectivity index (χ4v) is 4.32. The van der Waals surface area contributed by atoms with Gasteiger partial charge in [0.05, 0.1) is 5.25 Å². The van der Waals surface area contributed by atoms with Crippen LogP contribution < -0.4 is 5.32 Å². The molecule has 2 nitrogen and oxygen atoms in total. The number of hydrogen-bond acceptors (Lipinski definition) is 2. The van der Waals surface area contributed by atoms with Crippen molar-refractivity contribution in [1.82, 2.24) is 0 Å². The fourth-order valence-electron chi connectivity index (χ4n) is 2.88. The van der Waals surface area contributed by atoms with Gasteiger partial charge in [0.1, 0.15) is 0 Å². The molecule has 3 heteroatoms. The highest BCUT2D eigenvalue weighted by atomic mass is 32.2. The van der Waals surface area contributed by atoms with Crippen LogP contribution in [0, 0.1) is 13.8 Å². The third kappa shape index (κ3) is 4.50. The van der Waals surface area contributed by atoms with Gasteiger partial charge < -0.3 is 5.32 Å². The first-order valence-electron chi connectivity index (χ1n) is 8.14. The van der Waals surface area contributed by atoms with Crippen molar-refractivity contribution >= 4 is 23.4 Å². The molecular weight excluding hydrogens is 278 g/mol. The number of carbonyl (C=O) groups is 1. The lowest BCUT2D eigenvalue weighted by Gasteiger charge is -2.25. The summed E-state index contributed by atoms with van der Waals surface area (Å²) >= 11 is 1.89. The molecule has 0 radical (unpaired) electrons. The number of anilines is 1. The summed E-state index contributed by atoms with van der Waals surface area (Å²) in [6, 6.07) is 6.09. The van der Waals surface area contributed by atoms with Crippen molar-refractivity contribution in [3.8, 4) is 0 Å². The summed E-state index contributed by atoms with van der Waals surface area (Å²) in [7, 11) is 0. The topological polar surface area (TPSA) is 29.1 Å². The van der Waals surface area contributed by atoms with Gasteiger partial charge in [0.2, 0.25) is 5.91 Å². The van der Waals surface area contributed by atoms with Gasteiger partial charge in [-0.15, -0.1) is 11.8 Å². The molecule has 1 N–H and O–H groups in total. The van der Waals surface area contributed by atoms with E-state index in [0.717, 1.165) is 12.1 Å². The average molecular weight is 305 g/mol. The maximum atomic E-state index is 12.5. The molecule has 1 aliphatic carbocycles. The van der Waals surface area contributed by atoms with Gasteiger partial charge in [-0.2, -0.15) is 0 Å². The van der Waals surface area contributed by atoms with E-state index >= 15 is 0 Å². The highest BCUT2D eigenvalue weighted by molar-refractivity contribution is 8.01. The predicted octanol–water partition coefficient (Wildman–Crippen LogP) is 5.09. The summed E-state index contributed by atoms with van der Waals surface area (Å²) in [5.74, 6) is 0.168. The molecule has 0 heterocycles. The van der Waals surface area contributed by atoms with Crippen molar-refractivity contribution in [2.45, 2.75) is 69.8 Å². The van der Waals surface area contributed by atoms with Crippen LogP contribution in [0.5, 0.6) is 0 Å². The zero-order chi connectivity index (χ0) is 15.2. The number of hydrogen-bond donors (Lipinski definition) is 1. The molecule has 0 aromatic heterocycles. The molecule has 0 aliphatic heterocycles. The van der Waals surface area contributed by atoms with Crippen LogP contribution in [0.15, 0.2) is 18.2 Å². The van der Waals surface area contributed by atoms with E-state index < -0.39 is 0 Å². The summed E-state index contributed by atoms with van der Waals surface area (Å²) in [6.07, 6.45) is 7.47. The minimum atomic E-state index is 0.0769. The molecule has 0 saturated heterocycles.